The number of halogens is 3. The number of rotatable bonds is 1. The Labute approximate surface area is 65.2 Å². The molecule has 0 atom stereocenters. The SMILES string of the molecule is O=c1cc(CC(F)(F)F)cn[nH]1. The topological polar surface area (TPSA) is 45.8 Å². The van der Waals surface area contributed by atoms with Crippen molar-refractivity contribution in [2.75, 3.05) is 0 Å². The molecule has 3 nitrogen and oxygen atoms in total. The molecule has 0 fully saturated rings. The molecular weight excluding hydrogens is 173 g/mol. The zero-order valence-electron chi connectivity index (χ0n) is 5.85. The van der Waals surface area contributed by atoms with Crippen LogP contribution < -0.4 is 5.56 Å². The van der Waals surface area contributed by atoms with E-state index in [1.54, 1.807) is 0 Å². The fourth-order valence-corrected chi connectivity index (χ4v) is 0.745. The van der Waals surface area contributed by atoms with Gasteiger partial charge < -0.3 is 0 Å². The lowest BCUT2D eigenvalue weighted by Crippen LogP contribution is -2.15. The van der Waals surface area contributed by atoms with Crippen molar-refractivity contribution in [1.29, 1.82) is 0 Å². The quantitative estimate of drug-likeness (QED) is 0.693. The minimum atomic E-state index is -4.30. The van der Waals surface area contributed by atoms with Crippen LogP contribution in [-0.2, 0) is 6.42 Å². The molecule has 12 heavy (non-hydrogen) atoms. The molecule has 0 aromatic carbocycles. The minimum absolute atomic E-state index is 0.133. The number of aromatic nitrogens is 2. The van der Waals surface area contributed by atoms with Gasteiger partial charge in [-0.05, 0) is 5.56 Å². The lowest BCUT2D eigenvalue weighted by atomic mass is 10.2. The third kappa shape index (κ3) is 2.73. The van der Waals surface area contributed by atoms with Crippen LogP contribution in [0, 0.1) is 0 Å². The van der Waals surface area contributed by atoms with E-state index in [0.29, 0.717) is 0 Å². The maximum Gasteiger partial charge on any atom is 0.393 e. The summed E-state index contributed by atoms with van der Waals surface area (Å²) in [5.41, 5.74) is -0.761. The first-order valence-corrected chi connectivity index (χ1v) is 3.08. The van der Waals surface area contributed by atoms with Crippen molar-refractivity contribution in [3.63, 3.8) is 0 Å². The first kappa shape index (κ1) is 8.76. The third-order valence-electron chi connectivity index (χ3n) is 1.13. The predicted octanol–water partition coefficient (Wildman–Crippen LogP) is 0.875. The second kappa shape index (κ2) is 2.96. The third-order valence-corrected chi connectivity index (χ3v) is 1.13. The summed E-state index contributed by atoms with van der Waals surface area (Å²) >= 11 is 0. The highest BCUT2D eigenvalue weighted by Gasteiger charge is 2.27. The molecule has 0 radical (unpaired) electrons. The largest absolute Gasteiger partial charge is 0.393 e. The van der Waals surface area contributed by atoms with E-state index in [4.69, 9.17) is 0 Å². The van der Waals surface area contributed by atoms with Crippen molar-refractivity contribution in [1.82, 2.24) is 10.2 Å². The van der Waals surface area contributed by atoms with Gasteiger partial charge in [-0.15, -0.1) is 0 Å². The maximum atomic E-state index is 11.7. The highest BCUT2D eigenvalue weighted by atomic mass is 19.4. The summed E-state index contributed by atoms with van der Waals surface area (Å²) in [6.45, 7) is 0. The van der Waals surface area contributed by atoms with Gasteiger partial charge in [0.15, 0.2) is 0 Å². The van der Waals surface area contributed by atoms with Crippen LogP contribution in [0.4, 0.5) is 13.2 Å². The minimum Gasteiger partial charge on any atom is -0.268 e. The molecule has 6 heteroatoms. The number of alkyl halides is 3. The van der Waals surface area contributed by atoms with Gasteiger partial charge in [-0.1, -0.05) is 0 Å². The summed E-state index contributed by atoms with van der Waals surface area (Å²) < 4.78 is 35.2. The highest BCUT2D eigenvalue weighted by Crippen LogP contribution is 2.19. The molecular formula is C6H5F3N2O. The Morgan fingerprint density at radius 2 is 2.17 bits per heavy atom. The van der Waals surface area contributed by atoms with Gasteiger partial charge in [-0.25, -0.2) is 5.10 Å². The summed E-state index contributed by atoms with van der Waals surface area (Å²) in [6.07, 6.45) is -4.44. The van der Waals surface area contributed by atoms with Crippen LogP contribution in [0.15, 0.2) is 17.1 Å². The molecule has 1 heterocycles. The van der Waals surface area contributed by atoms with Crippen LogP contribution >= 0.6 is 0 Å². The number of nitrogens with one attached hydrogen (secondary N) is 1. The molecule has 1 rings (SSSR count). The Morgan fingerprint density at radius 3 is 2.67 bits per heavy atom. The molecule has 66 valence electrons. The van der Waals surface area contributed by atoms with Crippen molar-refractivity contribution >= 4 is 0 Å². The molecule has 0 saturated heterocycles. The summed E-state index contributed by atoms with van der Waals surface area (Å²) in [4.78, 5) is 10.5. The lowest BCUT2D eigenvalue weighted by Gasteiger charge is -2.03. The van der Waals surface area contributed by atoms with E-state index in [0.717, 1.165) is 12.3 Å². The zero-order chi connectivity index (χ0) is 9.19. The lowest BCUT2D eigenvalue weighted by molar-refractivity contribution is -0.127. The molecule has 1 aromatic rings. The Balaban J connectivity index is 2.84. The molecule has 0 aliphatic heterocycles. The van der Waals surface area contributed by atoms with Crippen LogP contribution in [0.1, 0.15) is 5.56 Å². The van der Waals surface area contributed by atoms with E-state index in [1.165, 1.54) is 0 Å². The van der Waals surface area contributed by atoms with Gasteiger partial charge >= 0.3 is 6.18 Å². The molecule has 0 unspecified atom stereocenters. The number of hydrogen-bond donors (Lipinski definition) is 1. The maximum absolute atomic E-state index is 11.7. The van der Waals surface area contributed by atoms with Gasteiger partial charge in [0.05, 0.1) is 12.6 Å². The average molecular weight is 178 g/mol. The average Bonchev–Trinajstić information content (AvgIpc) is 1.82. The van der Waals surface area contributed by atoms with E-state index < -0.39 is 18.2 Å². The number of nitrogens with zero attached hydrogens (tertiary/aromatic N) is 1. The van der Waals surface area contributed by atoms with Crippen LogP contribution in [0.2, 0.25) is 0 Å². The van der Waals surface area contributed by atoms with E-state index in [-0.39, 0.29) is 5.56 Å². The van der Waals surface area contributed by atoms with Crippen molar-refractivity contribution in [3.8, 4) is 0 Å². The number of hydrogen-bond acceptors (Lipinski definition) is 2. The van der Waals surface area contributed by atoms with Crippen LogP contribution in [-0.4, -0.2) is 16.4 Å². The molecule has 1 aromatic heterocycles. The van der Waals surface area contributed by atoms with Crippen LogP contribution in [0.25, 0.3) is 0 Å². The first-order chi connectivity index (χ1) is 5.47. The number of aromatic amines is 1. The van der Waals surface area contributed by atoms with Crippen molar-refractivity contribution in [3.05, 3.63) is 28.2 Å². The van der Waals surface area contributed by atoms with Gasteiger partial charge in [-0.2, -0.15) is 18.3 Å². The smallest absolute Gasteiger partial charge is 0.268 e. The van der Waals surface area contributed by atoms with Gasteiger partial charge in [-0.3, -0.25) is 4.79 Å². The highest BCUT2D eigenvalue weighted by molar-refractivity contribution is 5.06. The standard InChI is InChI=1S/C6H5F3N2O/c7-6(8,9)2-4-1-5(12)11-10-3-4/h1,3H,2H2,(H,11,12). The Morgan fingerprint density at radius 1 is 1.50 bits per heavy atom. The summed E-state index contributed by atoms with van der Waals surface area (Å²) in [7, 11) is 0. The van der Waals surface area contributed by atoms with E-state index in [9.17, 15) is 18.0 Å². The zero-order valence-corrected chi connectivity index (χ0v) is 5.85. The molecule has 0 bridgehead atoms. The van der Waals surface area contributed by atoms with Crippen molar-refractivity contribution < 1.29 is 13.2 Å². The van der Waals surface area contributed by atoms with Gasteiger partial charge in [0.25, 0.3) is 5.56 Å². The molecule has 0 amide bonds. The summed E-state index contributed by atoms with van der Waals surface area (Å²) in [6, 6.07) is 0.875. The molecule has 0 aliphatic rings. The molecule has 0 aliphatic carbocycles. The predicted molar refractivity (Wildman–Crippen MR) is 34.6 cm³/mol. The fourth-order valence-electron chi connectivity index (χ4n) is 0.745. The van der Waals surface area contributed by atoms with E-state index >= 15 is 0 Å². The van der Waals surface area contributed by atoms with Gasteiger partial charge in [0, 0.05) is 6.07 Å². The monoisotopic (exact) mass is 178 g/mol. The van der Waals surface area contributed by atoms with E-state index in [2.05, 4.69) is 5.10 Å². The second-order valence-electron chi connectivity index (χ2n) is 2.25. The molecule has 0 spiro atoms. The van der Waals surface area contributed by atoms with Gasteiger partial charge in [0.1, 0.15) is 0 Å². The normalized spacial score (nSPS) is 11.6. The Hall–Kier alpha value is -1.33. The van der Waals surface area contributed by atoms with Crippen LogP contribution in [0.3, 0.4) is 0 Å². The summed E-state index contributed by atoms with van der Waals surface area (Å²) in [5.74, 6) is 0. The number of H-pyrrole nitrogens is 1. The van der Waals surface area contributed by atoms with Gasteiger partial charge in [0.2, 0.25) is 0 Å². The first-order valence-electron chi connectivity index (χ1n) is 3.08. The Bertz CT molecular complexity index is 317. The van der Waals surface area contributed by atoms with Crippen molar-refractivity contribution in [2.45, 2.75) is 12.6 Å². The Kier molecular flexibility index (Phi) is 2.16. The second-order valence-corrected chi connectivity index (χ2v) is 2.25. The summed E-state index contributed by atoms with van der Waals surface area (Å²) in [5, 5.41) is 5.22. The van der Waals surface area contributed by atoms with Crippen molar-refractivity contribution in [2.24, 2.45) is 0 Å². The molecule has 1 N–H and O–H groups in total. The fraction of sp³-hybridized carbons (Fsp3) is 0.333. The van der Waals surface area contributed by atoms with Crippen LogP contribution in [0.5, 0.6) is 0 Å². The van der Waals surface area contributed by atoms with E-state index in [1.807, 2.05) is 5.10 Å². The molecule has 0 saturated carbocycles.